The molecular weight excluding hydrogens is 366 g/mol. The Labute approximate surface area is 170 Å². The highest BCUT2D eigenvalue weighted by Gasteiger charge is 2.24. The molecule has 0 radical (unpaired) electrons. The molecule has 1 aliphatic heterocycles. The smallest absolute Gasteiger partial charge is 0.290 e. The summed E-state index contributed by atoms with van der Waals surface area (Å²) in [4.78, 5) is 28.6. The number of hydrogen-bond donors (Lipinski definition) is 3. The number of H-pyrrole nitrogens is 2. The van der Waals surface area contributed by atoms with Gasteiger partial charge in [-0.1, -0.05) is 18.2 Å². The molecule has 0 bridgehead atoms. The first kappa shape index (κ1) is 20.9. The Morgan fingerprint density at radius 1 is 1.21 bits per heavy atom. The third kappa shape index (κ3) is 5.35. The zero-order chi connectivity index (χ0) is 20.6. The molecule has 1 unspecified atom stereocenters. The molecule has 1 fully saturated rings. The van der Waals surface area contributed by atoms with Gasteiger partial charge in [0.05, 0.1) is 0 Å². The maximum atomic E-state index is 11.5. The molecule has 2 aromatic heterocycles. The summed E-state index contributed by atoms with van der Waals surface area (Å²) >= 11 is 0. The first-order chi connectivity index (χ1) is 14.1. The first-order valence-corrected chi connectivity index (χ1v) is 10.2. The largest absolute Gasteiger partial charge is 0.483 e. The Kier molecular flexibility index (Phi) is 7.25. The van der Waals surface area contributed by atoms with Crippen molar-refractivity contribution in [2.45, 2.75) is 44.6 Å². The fraction of sp³-hybridized carbons (Fsp3) is 0.391. The predicted octanol–water partition coefficient (Wildman–Crippen LogP) is 3.76. The number of carbonyl (C=O) groups is 1. The summed E-state index contributed by atoms with van der Waals surface area (Å²) in [6.45, 7) is 4.33. The number of rotatable bonds is 5. The lowest BCUT2D eigenvalue weighted by molar-refractivity contribution is -0.122. The van der Waals surface area contributed by atoms with E-state index in [-0.39, 0.29) is 12.0 Å². The first-order valence-electron chi connectivity index (χ1n) is 10.2. The summed E-state index contributed by atoms with van der Waals surface area (Å²) in [5.74, 6) is 0.523. The van der Waals surface area contributed by atoms with Crippen LogP contribution in [0.4, 0.5) is 0 Å². The zero-order valence-electron chi connectivity index (χ0n) is 16.8. The Bertz CT molecular complexity index is 970. The normalized spacial score (nSPS) is 16.2. The Morgan fingerprint density at radius 2 is 1.93 bits per heavy atom. The summed E-state index contributed by atoms with van der Waals surface area (Å²) in [7, 11) is 0. The molecule has 6 nitrogen and oxygen atoms in total. The molecule has 3 aromatic rings. The van der Waals surface area contributed by atoms with E-state index in [1.54, 1.807) is 12.3 Å². The van der Waals surface area contributed by atoms with Crippen molar-refractivity contribution in [2.24, 2.45) is 0 Å². The molecule has 1 aromatic carbocycles. The average Bonchev–Trinajstić information content (AvgIpc) is 3.16. The van der Waals surface area contributed by atoms with Crippen molar-refractivity contribution in [3.05, 3.63) is 70.3 Å². The van der Waals surface area contributed by atoms with Gasteiger partial charge >= 0.3 is 0 Å². The molecule has 29 heavy (non-hydrogen) atoms. The number of fused-ring (bicyclic) bond motifs is 1. The summed E-state index contributed by atoms with van der Waals surface area (Å²) in [6, 6.07) is 12.9. The van der Waals surface area contributed by atoms with E-state index in [0.29, 0.717) is 12.0 Å². The number of nitrogens with zero attached hydrogens (tertiary/aromatic N) is 1. The number of nitrogens with one attached hydrogen (secondary N) is 2. The van der Waals surface area contributed by atoms with Crippen molar-refractivity contribution in [3.8, 4) is 0 Å². The van der Waals surface area contributed by atoms with Crippen LogP contribution >= 0.6 is 0 Å². The number of likely N-dealkylation sites (tertiary alicyclic amines) is 1. The van der Waals surface area contributed by atoms with Crippen LogP contribution in [0.25, 0.3) is 10.9 Å². The van der Waals surface area contributed by atoms with Crippen LogP contribution in [-0.2, 0) is 11.2 Å². The standard InChI is InChI=1S/C22H27N3O.CH2O2/c1-16(6-7-19-15-24-21-5-3-2-4-20(19)21)25-12-9-17(10-13-25)18-8-11-23-22(26)14-18;2-1-3/h2-5,8,11,14-17,24H,6-7,9-10,12-13H2,1H3,(H,23,26);1H,(H,2,3). The second-order valence-corrected chi connectivity index (χ2v) is 7.65. The minimum Gasteiger partial charge on any atom is -0.483 e. The van der Waals surface area contributed by atoms with Crippen LogP contribution in [0, 0.1) is 0 Å². The van der Waals surface area contributed by atoms with Crippen molar-refractivity contribution in [1.29, 1.82) is 0 Å². The van der Waals surface area contributed by atoms with Gasteiger partial charge in [-0.3, -0.25) is 9.59 Å². The van der Waals surface area contributed by atoms with Gasteiger partial charge in [-0.15, -0.1) is 0 Å². The molecule has 0 spiro atoms. The highest BCUT2D eigenvalue weighted by Crippen LogP contribution is 2.29. The lowest BCUT2D eigenvalue weighted by Crippen LogP contribution is -2.39. The van der Waals surface area contributed by atoms with Crippen LogP contribution in [0.3, 0.4) is 0 Å². The molecule has 3 N–H and O–H groups in total. The van der Waals surface area contributed by atoms with Crippen LogP contribution < -0.4 is 5.56 Å². The van der Waals surface area contributed by atoms with Crippen molar-refractivity contribution < 1.29 is 9.90 Å². The lowest BCUT2D eigenvalue weighted by atomic mass is 9.89. The molecule has 0 amide bonds. The van der Waals surface area contributed by atoms with Crippen molar-refractivity contribution in [1.82, 2.24) is 14.9 Å². The average molecular weight is 396 g/mol. The van der Waals surface area contributed by atoms with E-state index in [4.69, 9.17) is 9.90 Å². The fourth-order valence-electron chi connectivity index (χ4n) is 4.27. The van der Waals surface area contributed by atoms with Gasteiger partial charge in [-0.05, 0) is 74.9 Å². The number of carboxylic acid groups (broad SMARTS) is 1. The summed E-state index contributed by atoms with van der Waals surface area (Å²) < 4.78 is 0. The number of aryl methyl sites for hydroxylation is 1. The maximum Gasteiger partial charge on any atom is 0.290 e. The molecule has 0 aliphatic carbocycles. The predicted molar refractivity (Wildman–Crippen MR) is 115 cm³/mol. The molecule has 0 saturated carbocycles. The number of aromatic nitrogens is 2. The summed E-state index contributed by atoms with van der Waals surface area (Å²) in [5, 5.41) is 8.24. The van der Waals surface area contributed by atoms with E-state index >= 15 is 0 Å². The molecule has 6 heteroatoms. The van der Waals surface area contributed by atoms with E-state index in [9.17, 15) is 4.79 Å². The van der Waals surface area contributed by atoms with Gasteiger partial charge in [0.1, 0.15) is 0 Å². The van der Waals surface area contributed by atoms with Gasteiger partial charge in [-0.25, -0.2) is 0 Å². The quantitative estimate of drug-likeness (QED) is 0.574. The van der Waals surface area contributed by atoms with Gasteiger partial charge in [0.25, 0.3) is 6.47 Å². The molecule has 4 rings (SSSR count). The number of hydrogen-bond acceptors (Lipinski definition) is 3. The van der Waals surface area contributed by atoms with Gasteiger partial charge in [0.15, 0.2) is 0 Å². The zero-order valence-corrected chi connectivity index (χ0v) is 16.8. The number of piperidine rings is 1. The molecular formula is C23H29N3O3. The number of pyridine rings is 1. The molecule has 1 aliphatic rings. The topological polar surface area (TPSA) is 89.2 Å². The maximum absolute atomic E-state index is 11.5. The van der Waals surface area contributed by atoms with E-state index in [2.05, 4.69) is 58.3 Å². The van der Waals surface area contributed by atoms with E-state index in [1.807, 2.05) is 0 Å². The van der Waals surface area contributed by atoms with Crippen LogP contribution in [0.1, 0.15) is 43.2 Å². The van der Waals surface area contributed by atoms with Crippen molar-refractivity contribution in [3.63, 3.8) is 0 Å². The minimum absolute atomic E-state index is 0.0111. The van der Waals surface area contributed by atoms with E-state index in [0.717, 1.165) is 32.4 Å². The second kappa shape index (κ2) is 10.1. The minimum atomic E-state index is -0.250. The third-order valence-corrected chi connectivity index (χ3v) is 5.93. The SMILES string of the molecule is CC(CCc1c[nH]c2ccccc12)N1CCC(c2cc[nH]c(=O)c2)CC1.O=CO. The summed E-state index contributed by atoms with van der Waals surface area (Å²) in [6.07, 6.45) is 8.50. The number of benzene rings is 1. The lowest BCUT2D eigenvalue weighted by Gasteiger charge is -2.36. The molecule has 1 atom stereocenters. The highest BCUT2D eigenvalue weighted by molar-refractivity contribution is 5.82. The second-order valence-electron chi connectivity index (χ2n) is 7.65. The van der Waals surface area contributed by atoms with Gasteiger partial charge in [-0.2, -0.15) is 0 Å². The third-order valence-electron chi connectivity index (χ3n) is 5.93. The monoisotopic (exact) mass is 395 g/mol. The Morgan fingerprint density at radius 3 is 2.66 bits per heavy atom. The molecule has 1 saturated heterocycles. The molecule has 154 valence electrons. The molecule has 3 heterocycles. The Balaban J connectivity index is 0.000000755. The van der Waals surface area contributed by atoms with Crippen LogP contribution in [-0.4, -0.2) is 45.6 Å². The summed E-state index contributed by atoms with van der Waals surface area (Å²) in [5.41, 5.74) is 3.86. The van der Waals surface area contributed by atoms with Gasteiger partial charge < -0.3 is 20.0 Å². The van der Waals surface area contributed by atoms with Crippen molar-refractivity contribution in [2.75, 3.05) is 13.1 Å². The van der Waals surface area contributed by atoms with Crippen molar-refractivity contribution >= 4 is 17.4 Å². The number of para-hydroxylation sites is 1. The van der Waals surface area contributed by atoms with Crippen LogP contribution in [0.2, 0.25) is 0 Å². The Hall–Kier alpha value is -2.86. The van der Waals surface area contributed by atoms with Gasteiger partial charge in [0, 0.05) is 35.4 Å². The van der Waals surface area contributed by atoms with Gasteiger partial charge in [0.2, 0.25) is 5.56 Å². The van der Waals surface area contributed by atoms with E-state index in [1.165, 1.54) is 28.5 Å². The van der Waals surface area contributed by atoms with E-state index < -0.39 is 0 Å². The highest BCUT2D eigenvalue weighted by atomic mass is 16.3. The number of aromatic amines is 2. The van der Waals surface area contributed by atoms with Crippen LogP contribution in [0.5, 0.6) is 0 Å². The van der Waals surface area contributed by atoms with Crippen LogP contribution in [0.15, 0.2) is 53.6 Å². The fourth-order valence-corrected chi connectivity index (χ4v) is 4.27.